The van der Waals surface area contributed by atoms with E-state index >= 15 is 4.39 Å². The van der Waals surface area contributed by atoms with Crippen LogP contribution in [0.25, 0.3) is 11.1 Å². The Labute approximate surface area is 172 Å². The number of nitrogens with zero attached hydrogens (tertiary/aromatic N) is 2. The third-order valence-corrected chi connectivity index (χ3v) is 5.40. The van der Waals surface area contributed by atoms with Gasteiger partial charge < -0.3 is 4.74 Å². The van der Waals surface area contributed by atoms with Gasteiger partial charge in [-0.25, -0.2) is 4.39 Å². The van der Waals surface area contributed by atoms with Gasteiger partial charge in [0.05, 0.1) is 19.1 Å². The summed E-state index contributed by atoms with van der Waals surface area (Å²) in [5.74, 6) is 0.205. The normalized spacial score (nSPS) is 10.9. The summed E-state index contributed by atoms with van der Waals surface area (Å²) in [6.07, 6.45) is 1.92. The van der Waals surface area contributed by atoms with E-state index in [1.165, 1.54) is 18.4 Å². The van der Waals surface area contributed by atoms with Crippen molar-refractivity contribution in [2.24, 2.45) is 0 Å². The molecule has 2 aromatic carbocycles. The van der Waals surface area contributed by atoms with Gasteiger partial charge in [-0.15, -0.1) is 21.5 Å². The number of halogens is 2. The van der Waals surface area contributed by atoms with Crippen molar-refractivity contribution in [2.75, 3.05) is 7.11 Å². The van der Waals surface area contributed by atoms with Crippen molar-refractivity contribution < 1.29 is 13.9 Å². The Morgan fingerprint density at radius 3 is 2.71 bits per heavy atom. The highest BCUT2D eigenvalue weighted by atomic mass is 35.5. The van der Waals surface area contributed by atoms with Crippen molar-refractivity contribution in [1.82, 2.24) is 10.2 Å². The van der Waals surface area contributed by atoms with Crippen molar-refractivity contribution in [3.63, 3.8) is 0 Å². The molecule has 4 nitrogen and oxygen atoms in total. The maximum Gasteiger partial charge on any atom is 0.139 e. The summed E-state index contributed by atoms with van der Waals surface area (Å²) in [6, 6.07) is 10.4. The third kappa shape index (κ3) is 4.75. The first-order valence-corrected chi connectivity index (χ1v) is 10.2. The average molecular weight is 419 g/mol. The molecule has 0 aliphatic rings. The molecule has 0 saturated carbocycles. The Hall–Kier alpha value is -2.31. The summed E-state index contributed by atoms with van der Waals surface area (Å²) >= 11 is 7.41. The van der Waals surface area contributed by atoms with Gasteiger partial charge in [-0.2, -0.15) is 0 Å². The third-order valence-electron chi connectivity index (χ3n) is 4.24. The van der Waals surface area contributed by atoms with Crippen LogP contribution in [0.4, 0.5) is 4.39 Å². The number of hydrogen-bond acceptors (Lipinski definition) is 5. The van der Waals surface area contributed by atoms with Crippen molar-refractivity contribution in [2.45, 2.75) is 32.6 Å². The van der Waals surface area contributed by atoms with E-state index in [2.05, 4.69) is 10.2 Å². The van der Waals surface area contributed by atoms with Crippen LogP contribution < -0.4 is 4.74 Å². The fourth-order valence-electron chi connectivity index (χ4n) is 2.95. The number of carbonyl (C=O) groups is 1. The zero-order chi connectivity index (χ0) is 20.1. The van der Waals surface area contributed by atoms with E-state index in [0.717, 1.165) is 6.42 Å². The molecule has 0 aliphatic heterocycles. The maximum atomic E-state index is 15.3. The van der Waals surface area contributed by atoms with Crippen LogP contribution >= 0.6 is 22.9 Å². The summed E-state index contributed by atoms with van der Waals surface area (Å²) in [4.78, 5) is 11.8. The van der Waals surface area contributed by atoms with Gasteiger partial charge in [0.15, 0.2) is 0 Å². The first kappa shape index (κ1) is 20.4. The van der Waals surface area contributed by atoms with E-state index in [-0.39, 0.29) is 18.0 Å². The van der Waals surface area contributed by atoms with E-state index in [9.17, 15) is 4.79 Å². The highest BCUT2D eigenvalue weighted by molar-refractivity contribution is 7.11. The lowest BCUT2D eigenvalue weighted by atomic mass is 9.99. The minimum absolute atomic E-state index is 0.143. The van der Waals surface area contributed by atoms with E-state index in [1.807, 2.05) is 6.92 Å². The zero-order valence-electron chi connectivity index (χ0n) is 15.7. The van der Waals surface area contributed by atoms with Gasteiger partial charge >= 0.3 is 0 Å². The van der Waals surface area contributed by atoms with Crippen LogP contribution in [-0.2, 0) is 17.6 Å². The van der Waals surface area contributed by atoms with Crippen molar-refractivity contribution >= 4 is 28.7 Å². The molecule has 28 heavy (non-hydrogen) atoms. The van der Waals surface area contributed by atoms with Crippen LogP contribution in [0.1, 0.15) is 35.3 Å². The monoisotopic (exact) mass is 418 g/mol. The summed E-state index contributed by atoms with van der Waals surface area (Å²) in [7, 11) is 1.51. The maximum absolute atomic E-state index is 15.3. The van der Waals surface area contributed by atoms with Gasteiger partial charge in [0, 0.05) is 17.9 Å². The van der Waals surface area contributed by atoms with Gasteiger partial charge in [-0.05, 0) is 35.7 Å². The molecule has 0 aliphatic carbocycles. The number of carbonyl (C=O) groups excluding carboxylic acids is 1. The van der Waals surface area contributed by atoms with E-state index in [4.69, 9.17) is 16.3 Å². The van der Waals surface area contributed by atoms with Crippen LogP contribution in [0.15, 0.2) is 36.4 Å². The number of Topliss-reactive ketones (excluding diaryl/α,β-unsaturated/α-hetero) is 1. The molecular formula is C21H20ClFN2O2S. The molecule has 0 N–H and O–H groups in total. The summed E-state index contributed by atoms with van der Waals surface area (Å²) in [6.45, 7) is 1.97. The molecule has 0 radical (unpaired) electrons. The zero-order valence-corrected chi connectivity index (χ0v) is 17.2. The summed E-state index contributed by atoms with van der Waals surface area (Å²) in [5.41, 5.74) is 1.50. The van der Waals surface area contributed by atoms with Crippen molar-refractivity contribution in [1.29, 1.82) is 0 Å². The number of hydrogen-bond donors (Lipinski definition) is 0. The molecule has 0 fully saturated rings. The van der Waals surface area contributed by atoms with E-state index in [1.54, 1.807) is 36.4 Å². The van der Waals surface area contributed by atoms with Crippen LogP contribution in [0, 0.1) is 5.82 Å². The predicted octanol–water partition coefficient (Wildman–Crippen LogP) is 5.51. The molecule has 0 spiro atoms. The number of rotatable bonds is 8. The number of aromatic nitrogens is 2. The van der Waals surface area contributed by atoms with Gasteiger partial charge in [-0.3, -0.25) is 4.79 Å². The Kier molecular flexibility index (Phi) is 6.75. The van der Waals surface area contributed by atoms with Gasteiger partial charge in [0.25, 0.3) is 0 Å². The van der Waals surface area contributed by atoms with Gasteiger partial charge in [-0.1, -0.05) is 36.7 Å². The fourth-order valence-corrected chi connectivity index (χ4v) is 4.04. The Morgan fingerprint density at radius 1 is 1.21 bits per heavy atom. The van der Waals surface area contributed by atoms with Gasteiger partial charge in [0.2, 0.25) is 0 Å². The van der Waals surface area contributed by atoms with E-state index in [0.29, 0.717) is 50.3 Å². The lowest BCUT2D eigenvalue weighted by Gasteiger charge is -2.13. The highest BCUT2D eigenvalue weighted by Crippen LogP contribution is 2.36. The topological polar surface area (TPSA) is 52.1 Å². The summed E-state index contributed by atoms with van der Waals surface area (Å²) in [5, 5.41) is 10.0. The molecule has 0 atom stereocenters. The Bertz CT molecular complexity index is 990. The molecule has 1 heterocycles. The number of benzene rings is 2. The number of ketones is 1. The lowest BCUT2D eigenvalue weighted by Crippen LogP contribution is -2.01. The molecule has 1 aromatic heterocycles. The van der Waals surface area contributed by atoms with Crippen LogP contribution in [0.5, 0.6) is 5.75 Å². The molecule has 146 valence electrons. The largest absolute Gasteiger partial charge is 0.496 e. The molecule has 3 rings (SSSR count). The molecular weight excluding hydrogens is 399 g/mol. The molecule has 3 aromatic rings. The van der Waals surface area contributed by atoms with Crippen molar-refractivity contribution in [3.8, 4) is 16.9 Å². The second kappa shape index (κ2) is 9.26. The molecule has 0 saturated heterocycles. The molecule has 0 bridgehead atoms. The first-order valence-electron chi connectivity index (χ1n) is 8.96. The van der Waals surface area contributed by atoms with E-state index < -0.39 is 0 Å². The Balaban J connectivity index is 1.89. The predicted molar refractivity (Wildman–Crippen MR) is 110 cm³/mol. The van der Waals surface area contributed by atoms with Crippen LogP contribution in [0.2, 0.25) is 5.02 Å². The fraction of sp³-hybridized carbons (Fsp3) is 0.286. The summed E-state index contributed by atoms with van der Waals surface area (Å²) < 4.78 is 20.7. The number of ether oxygens (including phenoxy) is 1. The van der Waals surface area contributed by atoms with Crippen LogP contribution in [0.3, 0.4) is 0 Å². The minimum Gasteiger partial charge on any atom is -0.496 e. The number of methoxy groups -OCH3 is 1. The SMILES string of the molecule is CCCC(=O)Cc1nnc(Cc2ccc(OC)c(-c3cccc(Cl)c3)c2F)s1. The van der Waals surface area contributed by atoms with Gasteiger partial charge in [0.1, 0.15) is 27.4 Å². The molecule has 0 amide bonds. The second-order valence-corrected chi connectivity index (χ2v) is 7.94. The standard InChI is InChI=1S/C21H20ClFN2O2S/c1-3-5-16(26)12-19-25-24-18(28-19)11-14-8-9-17(27-2)20(21(14)23)13-6-4-7-15(22)10-13/h4,6-10H,3,5,11-12H2,1-2H3. The second-order valence-electron chi connectivity index (χ2n) is 6.36. The highest BCUT2D eigenvalue weighted by Gasteiger charge is 2.18. The smallest absolute Gasteiger partial charge is 0.139 e. The van der Waals surface area contributed by atoms with Crippen molar-refractivity contribution in [3.05, 3.63) is 62.8 Å². The quantitative estimate of drug-likeness (QED) is 0.484. The first-order chi connectivity index (χ1) is 13.5. The van der Waals surface area contributed by atoms with Crippen LogP contribution in [-0.4, -0.2) is 23.1 Å². The molecule has 7 heteroatoms. The average Bonchev–Trinajstić information content (AvgIpc) is 3.10. The minimum atomic E-state index is -0.375. The lowest BCUT2D eigenvalue weighted by molar-refractivity contribution is -0.118. The Morgan fingerprint density at radius 2 is 2.00 bits per heavy atom. The molecule has 0 unspecified atom stereocenters.